The van der Waals surface area contributed by atoms with Crippen LogP contribution in [0.15, 0.2) is 0 Å². The number of hydrogen-bond donors (Lipinski definition) is 0. The molecular weight excluding hydrogens is 231 g/mol. The van der Waals surface area contributed by atoms with E-state index in [1.807, 2.05) is 25.8 Å². The zero-order valence-corrected chi connectivity index (χ0v) is 11.2. The fraction of sp³-hybridized carbons (Fsp3) is 1.00. The molecular formula is C12H24F3NO. The molecule has 0 aromatic heterocycles. The molecule has 0 amide bonds. The number of rotatable bonds is 3. The minimum atomic E-state index is -4.08. The van der Waals surface area contributed by atoms with Gasteiger partial charge < -0.3 is 9.64 Å². The predicted molar refractivity (Wildman–Crippen MR) is 63.0 cm³/mol. The molecule has 1 aliphatic rings. The first-order chi connectivity index (χ1) is 7.95. The minimum Gasteiger partial charge on any atom is -0.381 e. The van der Waals surface area contributed by atoms with Gasteiger partial charge in [-0.15, -0.1) is 0 Å². The molecule has 1 rings (SSSR count). The average molecular weight is 255 g/mol. The molecule has 0 aromatic carbocycles. The monoisotopic (exact) mass is 255 g/mol. The number of likely N-dealkylation sites (tertiary alicyclic amines) is 1. The van der Waals surface area contributed by atoms with Crippen molar-refractivity contribution in [1.82, 2.24) is 4.90 Å². The molecule has 104 valence electrons. The first-order valence-electron chi connectivity index (χ1n) is 6.28. The third-order valence-corrected chi connectivity index (χ3v) is 2.89. The van der Waals surface area contributed by atoms with Crippen molar-refractivity contribution in [3.05, 3.63) is 0 Å². The fourth-order valence-corrected chi connectivity index (χ4v) is 2.08. The van der Waals surface area contributed by atoms with Crippen LogP contribution in [-0.4, -0.2) is 44.4 Å². The molecule has 0 radical (unpaired) electrons. The van der Waals surface area contributed by atoms with Crippen LogP contribution in [0.3, 0.4) is 0 Å². The summed E-state index contributed by atoms with van der Waals surface area (Å²) in [5.74, 6) is -1.61. The summed E-state index contributed by atoms with van der Waals surface area (Å²) in [4.78, 5) is 1.94. The third-order valence-electron chi connectivity index (χ3n) is 2.89. The number of halogens is 3. The number of alkyl halides is 3. The Balaban J connectivity index is 0.00000121. The minimum absolute atomic E-state index is 0.192. The molecule has 0 spiro atoms. The second kappa shape index (κ2) is 7.93. The van der Waals surface area contributed by atoms with Gasteiger partial charge in [-0.1, -0.05) is 13.8 Å². The summed E-state index contributed by atoms with van der Waals surface area (Å²) in [5, 5.41) is 0. The molecule has 17 heavy (non-hydrogen) atoms. The van der Waals surface area contributed by atoms with E-state index in [0.717, 1.165) is 0 Å². The Morgan fingerprint density at radius 1 is 1.29 bits per heavy atom. The van der Waals surface area contributed by atoms with Crippen LogP contribution >= 0.6 is 0 Å². The zero-order valence-electron chi connectivity index (χ0n) is 11.2. The molecule has 2 nitrogen and oxygen atoms in total. The molecule has 0 aliphatic carbocycles. The molecule has 1 unspecified atom stereocenters. The summed E-state index contributed by atoms with van der Waals surface area (Å²) in [5.41, 5.74) is 0. The van der Waals surface area contributed by atoms with Crippen LogP contribution in [0.25, 0.3) is 0 Å². The summed E-state index contributed by atoms with van der Waals surface area (Å²) in [6, 6.07) is 0. The molecule has 5 heteroatoms. The summed E-state index contributed by atoms with van der Waals surface area (Å²) in [6.45, 7) is 7.49. The quantitative estimate of drug-likeness (QED) is 0.768. The highest BCUT2D eigenvalue weighted by Crippen LogP contribution is 2.37. The lowest BCUT2D eigenvalue weighted by Crippen LogP contribution is -2.45. The first kappa shape index (κ1) is 16.7. The van der Waals surface area contributed by atoms with Gasteiger partial charge in [0.25, 0.3) is 0 Å². The molecule has 0 N–H and O–H groups in total. The van der Waals surface area contributed by atoms with Gasteiger partial charge in [0.05, 0.1) is 12.5 Å². The molecule has 0 saturated carbocycles. The van der Waals surface area contributed by atoms with Gasteiger partial charge in [0.15, 0.2) is 0 Å². The second-order valence-corrected chi connectivity index (χ2v) is 4.12. The van der Waals surface area contributed by atoms with E-state index in [-0.39, 0.29) is 13.0 Å². The van der Waals surface area contributed by atoms with Crippen LogP contribution in [0.2, 0.25) is 0 Å². The maximum absolute atomic E-state index is 12.7. The van der Waals surface area contributed by atoms with Crippen molar-refractivity contribution >= 4 is 0 Å². The Kier molecular flexibility index (Phi) is 7.79. The van der Waals surface area contributed by atoms with Crippen molar-refractivity contribution in [2.75, 3.05) is 33.4 Å². The number of nitrogens with zero attached hydrogens (tertiary/aromatic N) is 1. The SMILES string of the molecule is CC.CCOCC1CN(C)CC[C@@H]1C(F)(F)F. The average Bonchev–Trinajstić information content (AvgIpc) is 2.27. The molecule has 1 heterocycles. The van der Waals surface area contributed by atoms with Gasteiger partial charge in [-0.3, -0.25) is 0 Å². The van der Waals surface area contributed by atoms with E-state index in [4.69, 9.17) is 4.74 Å². The summed E-state index contributed by atoms with van der Waals surface area (Å²) < 4.78 is 43.1. The van der Waals surface area contributed by atoms with Gasteiger partial charge in [-0.25, -0.2) is 0 Å². The van der Waals surface area contributed by atoms with Crippen LogP contribution in [0.5, 0.6) is 0 Å². The van der Waals surface area contributed by atoms with Crippen LogP contribution in [0.4, 0.5) is 13.2 Å². The normalized spacial score (nSPS) is 26.3. The van der Waals surface area contributed by atoms with Gasteiger partial charge in [-0.2, -0.15) is 13.2 Å². The molecule has 0 bridgehead atoms. The number of ether oxygens (including phenoxy) is 1. The topological polar surface area (TPSA) is 12.5 Å². The third kappa shape index (κ3) is 5.73. The molecule has 1 fully saturated rings. The smallest absolute Gasteiger partial charge is 0.381 e. The van der Waals surface area contributed by atoms with Gasteiger partial charge in [-0.05, 0) is 26.9 Å². The van der Waals surface area contributed by atoms with Crippen molar-refractivity contribution in [1.29, 1.82) is 0 Å². The van der Waals surface area contributed by atoms with Gasteiger partial charge in [0, 0.05) is 19.1 Å². The van der Waals surface area contributed by atoms with Crippen molar-refractivity contribution in [3.8, 4) is 0 Å². The standard InChI is InChI=1S/C10H18F3NO.C2H6/c1-3-15-7-8-6-14(2)5-4-9(8)10(11,12)13;1-2/h8-9H,3-7H2,1-2H3;1-2H3/t8?,9-;/m0./s1. The molecule has 1 aliphatic heterocycles. The summed E-state index contributed by atoms with van der Waals surface area (Å²) in [7, 11) is 1.85. The summed E-state index contributed by atoms with van der Waals surface area (Å²) >= 11 is 0. The van der Waals surface area contributed by atoms with Crippen LogP contribution < -0.4 is 0 Å². The maximum Gasteiger partial charge on any atom is 0.392 e. The van der Waals surface area contributed by atoms with E-state index in [1.54, 1.807) is 6.92 Å². The Hall–Kier alpha value is -0.290. The highest BCUT2D eigenvalue weighted by Gasteiger charge is 2.46. The lowest BCUT2D eigenvalue weighted by molar-refractivity contribution is -0.204. The molecule has 2 atom stereocenters. The van der Waals surface area contributed by atoms with Gasteiger partial charge >= 0.3 is 6.18 Å². The summed E-state index contributed by atoms with van der Waals surface area (Å²) in [6.07, 6.45) is -3.89. The first-order valence-corrected chi connectivity index (χ1v) is 6.28. The lowest BCUT2D eigenvalue weighted by Gasteiger charge is -2.37. The van der Waals surface area contributed by atoms with E-state index in [2.05, 4.69) is 0 Å². The number of piperidine rings is 1. The van der Waals surface area contributed by atoms with Crippen LogP contribution in [-0.2, 0) is 4.74 Å². The van der Waals surface area contributed by atoms with E-state index in [9.17, 15) is 13.2 Å². The Bertz CT molecular complexity index is 197. The molecule has 0 aromatic rings. The van der Waals surface area contributed by atoms with E-state index >= 15 is 0 Å². The maximum atomic E-state index is 12.7. The highest BCUT2D eigenvalue weighted by atomic mass is 19.4. The largest absolute Gasteiger partial charge is 0.392 e. The predicted octanol–water partition coefficient (Wildman–Crippen LogP) is 3.18. The van der Waals surface area contributed by atoms with Crippen molar-refractivity contribution < 1.29 is 17.9 Å². The number of hydrogen-bond acceptors (Lipinski definition) is 2. The Morgan fingerprint density at radius 2 is 1.88 bits per heavy atom. The Morgan fingerprint density at radius 3 is 2.35 bits per heavy atom. The van der Waals surface area contributed by atoms with E-state index < -0.39 is 18.0 Å². The Labute approximate surface area is 102 Å². The van der Waals surface area contributed by atoms with Crippen LogP contribution in [0.1, 0.15) is 27.2 Å². The van der Waals surface area contributed by atoms with Gasteiger partial charge in [0.1, 0.15) is 0 Å². The highest BCUT2D eigenvalue weighted by molar-refractivity contribution is 4.83. The van der Waals surface area contributed by atoms with Crippen LogP contribution in [0, 0.1) is 11.8 Å². The fourth-order valence-electron chi connectivity index (χ4n) is 2.08. The van der Waals surface area contributed by atoms with E-state index in [1.165, 1.54) is 0 Å². The van der Waals surface area contributed by atoms with Gasteiger partial charge in [0.2, 0.25) is 0 Å². The van der Waals surface area contributed by atoms with E-state index in [0.29, 0.717) is 19.7 Å². The second-order valence-electron chi connectivity index (χ2n) is 4.12. The van der Waals surface area contributed by atoms with Crippen molar-refractivity contribution in [2.24, 2.45) is 11.8 Å². The molecule has 1 saturated heterocycles. The lowest BCUT2D eigenvalue weighted by atomic mass is 9.85. The van der Waals surface area contributed by atoms with Crippen molar-refractivity contribution in [3.63, 3.8) is 0 Å². The zero-order chi connectivity index (χ0) is 13.5. The van der Waals surface area contributed by atoms with Crippen molar-refractivity contribution in [2.45, 2.75) is 33.4 Å².